The molecule has 0 aromatic carbocycles. The summed E-state index contributed by atoms with van der Waals surface area (Å²) in [6, 6.07) is 0.189. The van der Waals surface area contributed by atoms with Crippen LogP contribution in [0.1, 0.15) is 20.3 Å². The Balaban J connectivity index is 2.72. The summed E-state index contributed by atoms with van der Waals surface area (Å²) in [7, 11) is 0. The van der Waals surface area contributed by atoms with Crippen molar-refractivity contribution in [3.63, 3.8) is 0 Å². The van der Waals surface area contributed by atoms with Crippen molar-refractivity contribution in [2.45, 2.75) is 26.3 Å². The molecule has 86 valence electrons. The van der Waals surface area contributed by atoms with Gasteiger partial charge in [-0.15, -0.1) is 0 Å². The van der Waals surface area contributed by atoms with Crippen LogP contribution in [0.5, 0.6) is 0 Å². The summed E-state index contributed by atoms with van der Waals surface area (Å²) < 4.78 is 0. The zero-order valence-electron chi connectivity index (χ0n) is 9.01. The minimum absolute atomic E-state index is 0.189. The van der Waals surface area contributed by atoms with Crippen molar-refractivity contribution in [3.8, 4) is 0 Å². The summed E-state index contributed by atoms with van der Waals surface area (Å²) in [5.41, 5.74) is 0. The Morgan fingerprint density at radius 1 is 1.13 bits per heavy atom. The van der Waals surface area contributed by atoms with Gasteiger partial charge in [0.05, 0.1) is 11.8 Å². The van der Waals surface area contributed by atoms with Crippen LogP contribution in [0.4, 0.5) is 0 Å². The Morgan fingerprint density at radius 3 is 1.80 bits per heavy atom. The van der Waals surface area contributed by atoms with E-state index in [2.05, 4.69) is 0 Å². The van der Waals surface area contributed by atoms with E-state index in [1.54, 1.807) is 0 Å². The number of nitrogens with zero attached hydrogens (tertiary/aromatic N) is 1. The van der Waals surface area contributed by atoms with E-state index in [0.717, 1.165) is 0 Å². The van der Waals surface area contributed by atoms with E-state index in [1.165, 1.54) is 0 Å². The number of aliphatic carboxylic acids is 2. The van der Waals surface area contributed by atoms with Gasteiger partial charge < -0.3 is 10.2 Å². The van der Waals surface area contributed by atoms with Gasteiger partial charge in [0.15, 0.2) is 0 Å². The summed E-state index contributed by atoms with van der Waals surface area (Å²) in [5.74, 6) is -2.90. The van der Waals surface area contributed by atoms with Gasteiger partial charge in [-0.25, -0.2) is 0 Å². The van der Waals surface area contributed by atoms with Crippen LogP contribution in [0.3, 0.4) is 0 Å². The van der Waals surface area contributed by atoms with Gasteiger partial charge in [-0.1, -0.05) is 0 Å². The topological polar surface area (TPSA) is 77.8 Å². The summed E-state index contributed by atoms with van der Waals surface area (Å²) in [6.07, 6.45) is 0.244. The molecular weight excluding hydrogens is 198 g/mol. The lowest BCUT2D eigenvalue weighted by atomic mass is 9.88. The van der Waals surface area contributed by atoms with Gasteiger partial charge in [-0.3, -0.25) is 14.5 Å². The number of carbonyl (C=O) groups is 2. The van der Waals surface area contributed by atoms with Crippen LogP contribution in [0, 0.1) is 11.8 Å². The van der Waals surface area contributed by atoms with Crippen molar-refractivity contribution < 1.29 is 19.8 Å². The van der Waals surface area contributed by atoms with Crippen LogP contribution in [0.15, 0.2) is 0 Å². The smallest absolute Gasteiger partial charge is 0.307 e. The lowest BCUT2D eigenvalue weighted by Crippen LogP contribution is -2.48. The second-order valence-electron chi connectivity index (χ2n) is 4.35. The lowest BCUT2D eigenvalue weighted by molar-refractivity contribution is -0.150. The fourth-order valence-electron chi connectivity index (χ4n) is 1.91. The number of piperidine rings is 1. The predicted octanol–water partition coefficient (Wildman–Crippen LogP) is 0.502. The highest BCUT2D eigenvalue weighted by molar-refractivity contribution is 5.74. The highest BCUT2D eigenvalue weighted by Crippen LogP contribution is 2.23. The zero-order valence-corrected chi connectivity index (χ0v) is 9.01. The van der Waals surface area contributed by atoms with Gasteiger partial charge >= 0.3 is 11.9 Å². The van der Waals surface area contributed by atoms with Crippen molar-refractivity contribution in [2.75, 3.05) is 13.1 Å². The average molecular weight is 215 g/mol. The van der Waals surface area contributed by atoms with E-state index in [0.29, 0.717) is 13.1 Å². The molecule has 0 spiro atoms. The summed E-state index contributed by atoms with van der Waals surface area (Å²) >= 11 is 0. The van der Waals surface area contributed by atoms with Crippen molar-refractivity contribution in [2.24, 2.45) is 11.8 Å². The molecule has 0 aromatic heterocycles. The fourth-order valence-corrected chi connectivity index (χ4v) is 1.91. The Morgan fingerprint density at radius 2 is 1.53 bits per heavy atom. The SMILES string of the molecule is CC(C)N1C[C@@H](C(=O)O)C[C@H](C(=O)O)C1. The van der Waals surface area contributed by atoms with E-state index in [1.807, 2.05) is 18.7 Å². The first-order valence-corrected chi connectivity index (χ1v) is 5.11. The van der Waals surface area contributed by atoms with Crippen molar-refractivity contribution >= 4 is 11.9 Å². The van der Waals surface area contributed by atoms with E-state index < -0.39 is 23.8 Å². The average Bonchev–Trinajstić information content (AvgIpc) is 2.16. The fraction of sp³-hybridized carbons (Fsp3) is 0.800. The van der Waals surface area contributed by atoms with Crippen LogP contribution in [0.2, 0.25) is 0 Å². The third-order valence-electron chi connectivity index (χ3n) is 2.91. The first-order chi connectivity index (χ1) is 6.91. The maximum Gasteiger partial charge on any atom is 0.307 e. The third-order valence-corrected chi connectivity index (χ3v) is 2.91. The molecule has 0 aliphatic carbocycles. The van der Waals surface area contributed by atoms with E-state index in [4.69, 9.17) is 10.2 Å². The van der Waals surface area contributed by atoms with Crippen LogP contribution in [0.25, 0.3) is 0 Å². The maximum atomic E-state index is 10.9. The van der Waals surface area contributed by atoms with Gasteiger partial charge in [0.1, 0.15) is 0 Å². The first kappa shape index (κ1) is 12.0. The molecule has 15 heavy (non-hydrogen) atoms. The van der Waals surface area contributed by atoms with Crippen LogP contribution < -0.4 is 0 Å². The molecule has 0 saturated carbocycles. The van der Waals surface area contributed by atoms with Crippen LogP contribution in [-0.2, 0) is 9.59 Å². The number of rotatable bonds is 3. The van der Waals surface area contributed by atoms with E-state index in [9.17, 15) is 9.59 Å². The number of hydrogen-bond donors (Lipinski definition) is 2. The minimum Gasteiger partial charge on any atom is -0.481 e. The lowest BCUT2D eigenvalue weighted by Gasteiger charge is -2.36. The number of likely N-dealkylation sites (tertiary alicyclic amines) is 1. The molecular formula is C10H17NO4. The minimum atomic E-state index is -0.897. The van der Waals surface area contributed by atoms with Gasteiger partial charge in [-0.2, -0.15) is 0 Å². The van der Waals surface area contributed by atoms with Gasteiger partial charge in [0, 0.05) is 19.1 Å². The Kier molecular flexibility index (Phi) is 3.68. The highest BCUT2D eigenvalue weighted by atomic mass is 16.4. The van der Waals surface area contributed by atoms with Crippen LogP contribution in [-0.4, -0.2) is 46.2 Å². The molecule has 1 aliphatic rings. The molecule has 1 rings (SSSR count). The van der Waals surface area contributed by atoms with Gasteiger partial charge in [0.2, 0.25) is 0 Å². The number of carboxylic acids is 2. The highest BCUT2D eigenvalue weighted by Gasteiger charge is 2.35. The van der Waals surface area contributed by atoms with E-state index >= 15 is 0 Å². The molecule has 1 aliphatic heterocycles. The zero-order chi connectivity index (χ0) is 11.6. The summed E-state index contributed by atoms with van der Waals surface area (Å²) in [5, 5.41) is 17.8. The van der Waals surface area contributed by atoms with Crippen molar-refractivity contribution in [3.05, 3.63) is 0 Å². The Labute approximate surface area is 88.7 Å². The molecule has 1 saturated heterocycles. The van der Waals surface area contributed by atoms with Crippen molar-refractivity contribution in [1.82, 2.24) is 4.90 Å². The quantitative estimate of drug-likeness (QED) is 0.717. The maximum absolute atomic E-state index is 10.9. The molecule has 5 heteroatoms. The predicted molar refractivity (Wildman–Crippen MR) is 53.6 cm³/mol. The second-order valence-corrected chi connectivity index (χ2v) is 4.35. The monoisotopic (exact) mass is 215 g/mol. The summed E-state index contributed by atoms with van der Waals surface area (Å²) in [6.45, 7) is 4.81. The largest absolute Gasteiger partial charge is 0.481 e. The Bertz CT molecular complexity index is 242. The van der Waals surface area contributed by atoms with Gasteiger partial charge in [0.25, 0.3) is 0 Å². The van der Waals surface area contributed by atoms with E-state index in [-0.39, 0.29) is 12.5 Å². The molecule has 0 aromatic rings. The summed E-state index contributed by atoms with van der Waals surface area (Å²) in [4.78, 5) is 23.7. The molecule has 2 atom stereocenters. The third kappa shape index (κ3) is 2.92. The Hall–Kier alpha value is -1.10. The molecule has 5 nitrogen and oxygen atoms in total. The molecule has 0 amide bonds. The van der Waals surface area contributed by atoms with Crippen LogP contribution >= 0.6 is 0 Å². The molecule has 0 unspecified atom stereocenters. The first-order valence-electron chi connectivity index (χ1n) is 5.11. The van der Waals surface area contributed by atoms with Crippen molar-refractivity contribution in [1.29, 1.82) is 0 Å². The molecule has 2 N–H and O–H groups in total. The van der Waals surface area contributed by atoms with Gasteiger partial charge in [-0.05, 0) is 20.3 Å². The molecule has 1 fully saturated rings. The molecule has 0 radical (unpaired) electrons. The normalized spacial score (nSPS) is 27.9. The number of carboxylic acid groups (broad SMARTS) is 2. The standard InChI is InChI=1S/C10H17NO4/c1-6(2)11-4-7(9(12)13)3-8(5-11)10(14)15/h6-8H,3-5H2,1-2H3,(H,12,13)(H,14,15)/t7-,8-/m0/s1. The molecule has 1 heterocycles. The molecule has 0 bridgehead atoms. The number of hydrogen-bond acceptors (Lipinski definition) is 3. The second kappa shape index (κ2) is 4.61.